The molecule has 20 heavy (non-hydrogen) atoms. The van der Waals surface area contributed by atoms with Crippen LogP contribution < -0.4 is 5.43 Å². The fourth-order valence-electron chi connectivity index (χ4n) is 2.17. The number of carbonyl (C=O) groups is 1. The van der Waals surface area contributed by atoms with Gasteiger partial charge < -0.3 is 9.67 Å². The number of aliphatic hydroxyl groups is 1. The number of fused-ring (bicyclic) bond motifs is 1. The number of pyridine rings is 1. The fourth-order valence-corrected chi connectivity index (χ4v) is 2.63. The number of carbonyl (C=O) groups excluding carboxylic acids is 1. The average molecular weight is 389 g/mol. The number of rotatable bonds is 4. The van der Waals surface area contributed by atoms with E-state index in [2.05, 4.69) is 0 Å². The highest BCUT2D eigenvalue weighted by Crippen LogP contribution is 2.23. The van der Waals surface area contributed by atoms with Gasteiger partial charge in [0, 0.05) is 15.2 Å². The lowest BCUT2D eigenvalue weighted by atomic mass is 10.1. The van der Waals surface area contributed by atoms with E-state index in [1.807, 2.05) is 6.92 Å². The van der Waals surface area contributed by atoms with Gasteiger partial charge in [-0.3, -0.25) is 9.59 Å². The number of aldehydes is 1. The van der Waals surface area contributed by atoms with Gasteiger partial charge in [-0.25, -0.2) is 4.39 Å². The zero-order valence-corrected chi connectivity index (χ0v) is 12.9. The summed E-state index contributed by atoms with van der Waals surface area (Å²) < 4.78 is 15.7. The Labute approximate surface area is 128 Å². The standard InChI is InChI=1S/C14H13FINO3/c1-2-9(7-19)17-5-8(6-18)14(20)10-3-12(16)11(15)4-13(10)17/h3-6,9,19H,2,7H2,1H3/t9-/m0/s1. The Kier molecular flexibility index (Phi) is 4.54. The molecule has 0 unspecified atom stereocenters. The first kappa shape index (κ1) is 15.1. The van der Waals surface area contributed by atoms with Crippen molar-refractivity contribution >= 4 is 39.8 Å². The predicted octanol–water partition coefficient (Wildman–Crippen LogP) is 2.50. The predicted molar refractivity (Wildman–Crippen MR) is 82.7 cm³/mol. The molecule has 0 bridgehead atoms. The summed E-state index contributed by atoms with van der Waals surface area (Å²) in [6, 6.07) is 2.39. The number of halogens is 2. The number of benzene rings is 1. The Morgan fingerprint density at radius 1 is 1.50 bits per heavy atom. The van der Waals surface area contributed by atoms with Crippen molar-refractivity contribution in [1.82, 2.24) is 4.57 Å². The lowest BCUT2D eigenvalue weighted by Crippen LogP contribution is -2.20. The number of aromatic nitrogens is 1. The van der Waals surface area contributed by atoms with Gasteiger partial charge in [0.25, 0.3) is 0 Å². The maximum atomic E-state index is 13.8. The molecule has 0 amide bonds. The van der Waals surface area contributed by atoms with Crippen LogP contribution in [-0.4, -0.2) is 22.6 Å². The van der Waals surface area contributed by atoms with E-state index in [0.717, 1.165) is 0 Å². The molecular formula is C14H13FINO3. The second-order valence-corrected chi connectivity index (χ2v) is 5.63. The molecule has 0 fully saturated rings. The molecule has 0 radical (unpaired) electrons. The number of nitrogens with zero attached hydrogens (tertiary/aromatic N) is 1. The normalized spacial score (nSPS) is 12.6. The third-order valence-electron chi connectivity index (χ3n) is 3.30. The van der Waals surface area contributed by atoms with Crippen LogP contribution in [0, 0.1) is 9.39 Å². The maximum absolute atomic E-state index is 13.8. The molecule has 1 N–H and O–H groups in total. The SMILES string of the molecule is CC[C@@H](CO)n1cc(C=O)c(=O)c2cc(I)c(F)cc21. The van der Waals surface area contributed by atoms with E-state index in [1.54, 1.807) is 27.2 Å². The maximum Gasteiger partial charge on any atom is 0.199 e. The van der Waals surface area contributed by atoms with Crippen molar-refractivity contribution in [2.45, 2.75) is 19.4 Å². The van der Waals surface area contributed by atoms with Crippen molar-refractivity contribution in [3.05, 3.63) is 43.5 Å². The molecule has 1 atom stereocenters. The Morgan fingerprint density at radius 2 is 2.20 bits per heavy atom. The van der Waals surface area contributed by atoms with E-state index in [1.165, 1.54) is 18.3 Å². The van der Waals surface area contributed by atoms with Crippen LogP contribution in [0.1, 0.15) is 29.7 Å². The lowest BCUT2D eigenvalue weighted by molar-refractivity contribution is 0.112. The molecule has 1 aromatic carbocycles. The van der Waals surface area contributed by atoms with E-state index in [9.17, 15) is 19.1 Å². The molecule has 2 rings (SSSR count). The quantitative estimate of drug-likeness (QED) is 0.646. The van der Waals surface area contributed by atoms with Gasteiger partial charge in [0.2, 0.25) is 0 Å². The molecule has 6 heteroatoms. The van der Waals surface area contributed by atoms with Gasteiger partial charge in [-0.2, -0.15) is 0 Å². The fraction of sp³-hybridized carbons (Fsp3) is 0.286. The summed E-state index contributed by atoms with van der Waals surface area (Å²) in [5, 5.41) is 9.70. The topological polar surface area (TPSA) is 59.3 Å². The van der Waals surface area contributed by atoms with Crippen LogP contribution in [0.4, 0.5) is 4.39 Å². The highest BCUT2D eigenvalue weighted by Gasteiger charge is 2.16. The Hall–Kier alpha value is -1.28. The van der Waals surface area contributed by atoms with Gasteiger partial charge in [-0.05, 0) is 41.1 Å². The first-order chi connectivity index (χ1) is 9.53. The monoisotopic (exact) mass is 389 g/mol. The molecule has 0 aliphatic heterocycles. The summed E-state index contributed by atoms with van der Waals surface area (Å²) in [5.74, 6) is -0.433. The smallest absolute Gasteiger partial charge is 0.199 e. The van der Waals surface area contributed by atoms with Crippen LogP contribution in [0.2, 0.25) is 0 Å². The molecule has 2 aromatic rings. The van der Waals surface area contributed by atoms with Crippen molar-refractivity contribution in [2.75, 3.05) is 6.61 Å². The van der Waals surface area contributed by atoms with Gasteiger partial charge in [0.05, 0.1) is 23.7 Å². The second-order valence-electron chi connectivity index (χ2n) is 4.47. The molecule has 4 nitrogen and oxygen atoms in total. The molecule has 1 aromatic heterocycles. The van der Waals surface area contributed by atoms with Crippen LogP contribution in [0.15, 0.2) is 23.1 Å². The third kappa shape index (κ3) is 2.49. The zero-order chi connectivity index (χ0) is 14.9. The summed E-state index contributed by atoms with van der Waals surface area (Å²) >= 11 is 1.80. The van der Waals surface area contributed by atoms with Gasteiger partial charge in [-0.1, -0.05) is 6.92 Å². The minimum Gasteiger partial charge on any atom is -0.394 e. The average Bonchev–Trinajstić information content (AvgIpc) is 2.44. The van der Waals surface area contributed by atoms with Crippen LogP contribution in [0.5, 0.6) is 0 Å². The Balaban J connectivity index is 2.92. The molecule has 0 spiro atoms. The summed E-state index contributed by atoms with van der Waals surface area (Å²) in [6.45, 7) is 1.72. The van der Waals surface area contributed by atoms with E-state index >= 15 is 0 Å². The van der Waals surface area contributed by atoms with Crippen molar-refractivity contribution in [2.24, 2.45) is 0 Å². The number of hydrogen-bond acceptors (Lipinski definition) is 3. The first-order valence-electron chi connectivity index (χ1n) is 6.13. The van der Waals surface area contributed by atoms with Crippen molar-refractivity contribution in [3.63, 3.8) is 0 Å². The molecule has 0 aliphatic rings. The van der Waals surface area contributed by atoms with Gasteiger partial charge in [-0.15, -0.1) is 0 Å². The largest absolute Gasteiger partial charge is 0.394 e. The van der Waals surface area contributed by atoms with Crippen LogP contribution in [0.25, 0.3) is 10.9 Å². The van der Waals surface area contributed by atoms with Gasteiger partial charge >= 0.3 is 0 Å². The summed E-state index contributed by atoms with van der Waals surface area (Å²) in [5.41, 5.74) is -0.0248. The van der Waals surface area contributed by atoms with Crippen LogP contribution in [-0.2, 0) is 0 Å². The molecule has 1 heterocycles. The first-order valence-corrected chi connectivity index (χ1v) is 7.21. The Morgan fingerprint density at radius 3 is 2.75 bits per heavy atom. The second kappa shape index (κ2) is 6.01. The summed E-state index contributed by atoms with van der Waals surface area (Å²) in [7, 11) is 0. The van der Waals surface area contributed by atoms with Crippen LogP contribution >= 0.6 is 22.6 Å². The highest BCUT2D eigenvalue weighted by atomic mass is 127. The van der Waals surface area contributed by atoms with E-state index < -0.39 is 11.2 Å². The van der Waals surface area contributed by atoms with Gasteiger partial charge in [0.15, 0.2) is 11.7 Å². The summed E-state index contributed by atoms with van der Waals surface area (Å²) in [4.78, 5) is 23.2. The number of hydrogen-bond donors (Lipinski definition) is 1. The third-order valence-corrected chi connectivity index (χ3v) is 4.13. The molecule has 0 saturated carbocycles. The van der Waals surface area contributed by atoms with Crippen molar-refractivity contribution in [1.29, 1.82) is 0 Å². The number of aliphatic hydroxyl groups excluding tert-OH is 1. The molecule has 0 saturated heterocycles. The van der Waals surface area contributed by atoms with Crippen LogP contribution in [0.3, 0.4) is 0 Å². The van der Waals surface area contributed by atoms with E-state index in [-0.39, 0.29) is 23.6 Å². The lowest BCUT2D eigenvalue weighted by Gasteiger charge is -2.20. The Bertz CT molecular complexity index is 722. The van der Waals surface area contributed by atoms with Gasteiger partial charge in [0.1, 0.15) is 5.82 Å². The van der Waals surface area contributed by atoms with E-state index in [0.29, 0.717) is 21.8 Å². The minimum atomic E-state index is -0.433. The van der Waals surface area contributed by atoms with Crippen molar-refractivity contribution < 1.29 is 14.3 Å². The highest BCUT2D eigenvalue weighted by molar-refractivity contribution is 14.1. The van der Waals surface area contributed by atoms with Crippen molar-refractivity contribution in [3.8, 4) is 0 Å². The molecule has 0 aliphatic carbocycles. The molecular weight excluding hydrogens is 376 g/mol. The van der Waals surface area contributed by atoms with E-state index in [4.69, 9.17) is 0 Å². The minimum absolute atomic E-state index is 0.00630. The zero-order valence-electron chi connectivity index (χ0n) is 10.8. The molecule has 106 valence electrons. The summed E-state index contributed by atoms with van der Waals surface area (Å²) in [6.07, 6.45) is 2.47.